The van der Waals surface area contributed by atoms with Crippen molar-refractivity contribution in [2.75, 3.05) is 19.8 Å². The van der Waals surface area contributed by atoms with Crippen LogP contribution in [0.25, 0.3) is 21.7 Å². The Kier molecular flexibility index (Phi) is 5.13. The molecule has 3 aromatic rings. The second-order valence-electron chi connectivity index (χ2n) is 5.76. The molecule has 1 aromatic heterocycles. The Labute approximate surface area is 169 Å². The topological polar surface area (TPSA) is 57.7 Å². The fourth-order valence-electron chi connectivity index (χ4n) is 2.81. The van der Waals surface area contributed by atoms with E-state index in [2.05, 4.69) is 20.9 Å². The molecule has 0 saturated heterocycles. The van der Waals surface area contributed by atoms with Crippen molar-refractivity contribution < 1.29 is 19.0 Å². The Morgan fingerprint density at radius 2 is 1.89 bits per heavy atom. The Morgan fingerprint density at radius 3 is 2.59 bits per heavy atom. The summed E-state index contributed by atoms with van der Waals surface area (Å²) in [4.78, 5) is 17.7. The lowest BCUT2D eigenvalue weighted by atomic mass is 10.1. The number of carbonyl (C=O) groups is 1. The van der Waals surface area contributed by atoms with Crippen LogP contribution < -0.4 is 9.47 Å². The number of benzene rings is 2. The van der Waals surface area contributed by atoms with Gasteiger partial charge in [0.05, 0.1) is 17.2 Å². The molecule has 0 atom stereocenters. The molecule has 0 aliphatic carbocycles. The lowest BCUT2D eigenvalue weighted by Crippen LogP contribution is -2.15. The molecule has 0 fully saturated rings. The van der Waals surface area contributed by atoms with Crippen molar-refractivity contribution in [1.82, 2.24) is 4.98 Å². The summed E-state index contributed by atoms with van der Waals surface area (Å²) in [5.41, 5.74) is 2.56. The van der Waals surface area contributed by atoms with E-state index in [4.69, 9.17) is 14.2 Å². The van der Waals surface area contributed by atoms with Gasteiger partial charge in [0.15, 0.2) is 11.5 Å². The van der Waals surface area contributed by atoms with E-state index in [1.165, 1.54) is 11.3 Å². The molecule has 1 aliphatic heterocycles. The molecule has 2 heterocycles. The van der Waals surface area contributed by atoms with Gasteiger partial charge in [0.1, 0.15) is 13.2 Å². The minimum Gasteiger partial charge on any atom is -0.486 e. The van der Waals surface area contributed by atoms with Gasteiger partial charge in [0.2, 0.25) is 5.01 Å². The summed E-state index contributed by atoms with van der Waals surface area (Å²) < 4.78 is 17.4. The Balaban J connectivity index is 1.88. The lowest BCUT2D eigenvalue weighted by molar-refractivity contribution is 0.0526. The summed E-state index contributed by atoms with van der Waals surface area (Å²) in [5.74, 6) is 0.970. The van der Waals surface area contributed by atoms with Gasteiger partial charge < -0.3 is 14.2 Å². The zero-order valence-electron chi connectivity index (χ0n) is 14.5. The van der Waals surface area contributed by atoms with Crippen LogP contribution in [0.3, 0.4) is 0 Å². The van der Waals surface area contributed by atoms with E-state index in [0.29, 0.717) is 36.3 Å². The van der Waals surface area contributed by atoms with E-state index < -0.39 is 5.97 Å². The number of carbonyl (C=O) groups excluding carboxylic acids is 1. The monoisotopic (exact) mass is 445 g/mol. The zero-order valence-corrected chi connectivity index (χ0v) is 16.9. The van der Waals surface area contributed by atoms with Gasteiger partial charge in [-0.3, -0.25) is 0 Å². The van der Waals surface area contributed by atoms with Crippen LogP contribution in [0.2, 0.25) is 0 Å². The molecule has 0 spiro atoms. The van der Waals surface area contributed by atoms with Crippen molar-refractivity contribution in [1.29, 1.82) is 0 Å². The van der Waals surface area contributed by atoms with Crippen LogP contribution in [0.5, 0.6) is 11.5 Å². The van der Waals surface area contributed by atoms with Crippen LogP contribution in [-0.4, -0.2) is 30.8 Å². The highest BCUT2D eigenvalue weighted by molar-refractivity contribution is 9.10. The highest BCUT2D eigenvalue weighted by atomic mass is 79.9. The molecule has 7 heteroatoms. The quantitative estimate of drug-likeness (QED) is 0.517. The fraction of sp³-hybridized carbons (Fsp3) is 0.200. The van der Waals surface area contributed by atoms with Crippen molar-refractivity contribution >= 4 is 33.2 Å². The molecule has 5 nitrogen and oxygen atoms in total. The second kappa shape index (κ2) is 7.70. The number of thiazole rings is 1. The van der Waals surface area contributed by atoms with Gasteiger partial charge in [0, 0.05) is 15.6 Å². The third kappa shape index (κ3) is 3.57. The molecule has 27 heavy (non-hydrogen) atoms. The summed E-state index contributed by atoms with van der Waals surface area (Å²) in [7, 11) is 0. The van der Waals surface area contributed by atoms with Crippen LogP contribution >= 0.6 is 27.3 Å². The number of esters is 1. The summed E-state index contributed by atoms with van der Waals surface area (Å²) >= 11 is 4.93. The number of hydrogen-bond acceptors (Lipinski definition) is 6. The van der Waals surface area contributed by atoms with Gasteiger partial charge in [-0.2, -0.15) is 0 Å². The molecule has 1 aliphatic rings. The van der Waals surface area contributed by atoms with Gasteiger partial charge in [-0.25, -0.2) is 9.78 Å². The molecule has 0 saturated carbocycles. The maximum absolute atomic E-state index is 12.3. The molecule has 138 valence electrons. The minimum atomic E-state index is -0.417. The van der Waals surface area contributed by atoms with Crippen molar-refractivity contribution in [3.05, 3.63) is 51.9 Å². The molecule has 0 radical (unpaired) electrons. The predicted octanol–water partition coefficient (Wildman–Crippen LogP) is 5.19. The van der Waals surface area contributed by atoms with Crippen LogP contribution in [0, 0.1) is 0 Å². The van der Waals surface area contributed by atoms with E-state index in [9.17, 15) is 4.79 Å². The fourth-order valence-corrected chi connectivity index (χ4v) is 4.48. The number of nitrogens with zero attached hydrogens (tertiary/aromatic N) is 1. The van der Waals surface area contributed by atoms with Crippen molar-refractivity contribution in [3.8, 4) is 33.2 Å². The van der Waals surface area contributed by atoms with Gasteiger partial charge in [0.25, 0.3) is 0 Å². The number of rotatable bonds is 4. The van der Waals surface area contributed by atoms with Gasteiger partial charge >= 0.3 is 5.97 Å². The minimum absolute atomic E-state index is 0.308. The van der Waals surface area contributed by atoms with Crippen molar-refractivity contribution in [3.63, 3.8) is 0 Å². The maximum atomic E-state index is 12.3. The third-order valence-corrected chi connectivity index (χ3v) is 5.73. The summed E-state index contributed by atoms with van der Waals surface area (Å²) in [5, 5.41) is 0.326. The van der Waals surface area contributed by atoms with E-state index >= 15 is 0 Å². The molecule has 0 unspecified atom stereocenters. The van der Waals surface area contributed by atoms with Gasteiger partial charge in [-0.05, 0) is 35.0 Å². The lowest BCUT2D eigenvalue weighted by Gasteiger charge is -2.19. The first-order valence-corrected chi connectivity index (χ1v) is 10.1. The molecule has 4 rings (SSSR count). The Morgan fingerprint density at radius 1 is 1.19 bits per heavy atom. The standard InChI is InChI=1S/C20H16BrNO4S/c1-2-24-20(23)19-22-17(12-6-4-3-5-7-12)18(27-19)13-10-15-16(11-14(13)21)26-9-8-25-15/h3-7,10-11H,2,8-9H2,1H3. The average Bonchev–Trinajstić information content (AvgIpc) is 3.13. The number of halogens is 1. The third-order valence-electron chi connectivity index (χ3n) is 4.00. The predicted molar refractivity (Wildman–Crippen MR) is 108 cm³/mol. The average molecular weight is 446 g/mol. The Hall–Kier alpha value is -2.38. The van der Waals surface area contributed by atoms with Crippen LogP contribution in [0.4, 0.5) is 0 Å². The summed E-state index contributed by atoms with van der Waals surface area (Å²) in [6.45, 7) is 3.13. The molecule has 2 aromatic carbocycles. The van der Waals surface area contributed by atoms with Crippen molar-refractivity contribution in [2.45, 2.75) is 6.92 Å². The van der Waals surface area contributed by atoms with Crippen molar-refractivity contribution in [2.24, 2.45) is 0 Å². The number of hydrogen-bond donors (Lipinski definition) is 0. The number of fused-ring (bicyclic) bond motifs is 1. The highest BCUT2D eigenvalue weighted by Gasteiger charge is 2.23. The SMILES string of the molecule is CCOC(=O)c1nc(-c2ccccc2)c(-c2cc3c(cc2Br)OCCO3)s1. The molecule has 0 amide bonds. The molecular formula is C20H16BrNO4S. The zero-order chi connectivity index (χ0) is 18.8. The maximum Gasteiger partial charge on any atom is 0.367 e. The highest BCUT2D eigenvalue weighted by Crippen LogP contribution is 2.45. The normalized spacial score (nSPS) is 12.7. The van der Waals surface area contributed by atoms with Gasteiger partial charge in [-0.1, -0.05) is 30.3 Å². The molecule has 0 bridgehead atoms. The van der Waals surface area contributed by atoms with Gasteiger partial charge in [-0.15, -0.1) is 11.3 Å². The van der Waals surface area contributed by atoms with Crippen LogP contribution in [0.1, 0.15) is 16.7 Å². The van der Waals surface area contributed by atoms with E-state index in [1.807, 2.05) is 42.5 Å². The van der Waals surface area contributed by atoms with E-state index in [-0.39, 0.29) is 0 Å². The molecule has 0 N–H and O–H groups in total. The van der Waals surface area contributed by atoms with E-state index in [0.717, 1.165) is 26.2 Å². The Bertz CT molecular complexity index is 987. The van der Waals surface area contributed by atoms with E-state index in [1.54, 1.807) is 6.92 Å². The first-order valence-electron chi connectivity index (χ1n) is 8.50. The second-order valence-corrected chi connectivity index (χ2v) is 7.61. The van der Waals surface area contributed by atoms with Crippen LogP contribution in [0.15, 0.2) is 46.9 Å². The first-order chi connectivity index (χ1) is 13.2. The summed E-state index contributed by atoms with van der Waals surface area (Å²) in [6, 6.07) is 13.6. The molecular weight excluding hydrogens is 430 g/mol. The largest absolute Gasteiger partial charge is 0.486 e. The smallest absolute Gasteiger partial charge is 0.367 e. The number of ether oxygens (including phenoxy) is 3. The summed E-state index contributed by atoms with van der Waals surface area (Å²) in [6.07, 6.45) is 0. The number of aromatic nitrogens is 1. The van der Waals surface area contributed by atoms with Crippen LogP contribution in [-0.2, 0) is 4.74 Å². The first kappa shape index (κ1) is 18.0.